The van der Waals surface area contributed by atoms with Crippen LogP contribution in [0.1, 0.15) is 6.42 Å². The van der Waals surface area contributed by atoms with Gasteiger partial charge in [0.05, 0.1) is 5.69 Å². The first-order chi connectivity index (χ1) is 11.6. The van der Waals surface area contributed by atoms with E-state index in [1.54, 1.807) is 12.1 Å². The molecule has 2 N–H and O–H groups in total. The smallest absolute Gasteiger partial charge is 0.251 e. The second kappa shape index (κ2) is 7.18. The molecule has 1 aliphatic rings. The van der Waals surface area contributed by atoms with E-state index in [0.29, 0.717) is 5.17 Å². The molecule has 0 spiro atoms. The van der Waals surface area contributed by atoms with E-state index in [1.807, 2.05) is 0 Å². The summed E-state index contributed by atoms with van der Waals surface area (Å²) in [5.74, 6) is -1.10. The van der Waals surface area contributed by atoms with Gasteiger partial charge in [-0.05, 0) is 18.2 Å². The van der Waals surface area contributed by atoms with Crippen molar-refractivity contribution in [2.75, 3.05) is 5.32 Å². The van der Waals surface area contributed by atoms with Crippen LogP contribution in [-0.4, -0.2) is 32.2 Å². The molecule has 2 amide bonds. The van der Waals surface area contributed by atoms with Gasteiger partial charge in [0.1, 0.15) is 11.1 Å². The average Bonchev–Trinajstić information content (AvgIpc) is 2.90. The third-order valence-corrected chi connectivity index (χ3v) is 4.13. The van der Waals surface area contributed by atoms with Gasteiger partial charge >= 0.3 is 0 Å². The molecule has 1 aliphatic heterocycles. The van der Waals surface area contributed by atoms with Crippen molar-refractivity contribution in [3.8, 4) is 0 Å². The van der Waals surface area contributed by atoms with Crippen molar-refractivity contribution in [2.45, 2.75) is 11.7 Å². The molecule has 7 nitrogen and oxygen atoms in total. The fourth-order valence-electron chi connectivity index (χ4n) is 1.96. The van der Waals surface area contributed by atoms with Gasteiger partial charge in [-0.15, -0.1) is 0 Å². The molecule has 0 aliphatic carbocycles. The van der Waals surface area contributed by atoms with Crippen LogP contribution in [0.15, 0.2) is 47.7 Å². The van der Waals surface area contributed by atoms with Gasteiger partial charge in [0.15, 0.2) is 5.17 Å². The molecule has 2 aromatic rings. The molecule has 3 rings (SSSR count). The first-order valence-corrected chi connectivity index (χ1v) is 7.87. The van der Waals surface area contributed by atoms with E-state index < -0.39 is 17.0 Å². The van der Waals surface area contributed by atoms with Gasteiger partial charge in [-0.1, -0.05) is 23.9 Å². The number of rotatable bonds is 4. The van der Waals surface area contributed by atoms with Gasteiger partial charge in [-0.25, -0.2) is 14.4 Å². The van der Waals surface area contributed by atoms with Crippen molar-refractivity contribution in [1.82, 2.24) is 15.3 Å². The van der Waals surface area contributed by atoms with Crippen LogP contribution in [0.4, 0.5) is 16.0 Å². The number of amides is 2. The number of amidine groups is 1. The minimum atomic E-state index is -0.640. The number of aromatic nitrogens is 2. The second-order valence-electron chi connectivity index (χ2n) is 4.79. The van der Waals surface area contributed by atoms with Crippen LogP contribution < -0.4 is 10.6 Å². The van der Waals surface area contributed by atoms with Crippen LogP contribution in [0.2, 0.25) is 0 Å². The summed E-state index contributed by atoms with van der Waals surface area (Å²) in [6.07, 6.45) is 2.97. The van der Waals surface area contributed by atoms with Crippen molar-refractivity contribution in [2.24, 2.45) is 4.99 Å². The number of anilines is 1. The predicted octanol–water partition coefficient (Wildman–Crippen LogP) is 1.86. The zero-order valence-corrected chi connectivity index (χ0v) is 13.1. The summed E-state index contributed by atoms with van der Waals surface area (Å²) in [5.41, 5.74) is 0.0810. The third kappa shape index (κ3) is 3.93. The van der Waals surface area contributed by atoms with E-state index in [2.05, 4.69) is 25.6 Å². The van der Waals surface area contributed by atoms with Crippen LogP contribution in [0.3, 0.4) is 0 Å². The first-order valence-electron chi connectivity index (χ1n) is 6.99. The summed E-state index contributed by atoms with van der Waals surface area (Å²) in [6.45, 7) is 0. The number of carbonyl (C=O) groups is 2. The highest BCUT2D eigenvalue weighted by Crippen LogP contribution is 2.24. The van der Waals surface area contributed by atoms with Crippen molar-refractivity contribution >= 4 is 40.4 Å². The van der Waals surface area contributed by atoms with Crippen molar-refractivity contribution < 1.29 is 14.0 Å². The lowest BCUT2D eigenvalue weighted by Gasteiger charge is -2.07. The quantitative estimate of drug-likeness (QED) is 0.882. The Balaban J connectivity index is 1.62. The van der Waals surface area contributed by atoms with Crippen LogP contribution in [0.25, 0.3) is 0 Å². The summed E-state index contributed by atoms with van der Waals surface area (Å²) in [5, 5.41) is 4.71. The lowest BCUT2D eigenvalue weighted by molar-refractivity contribution is -0.122. The van der Waals surface area contributed by atoms with E-state index in [9.17, 15) is 14.0 Å². The molecule has 1 unspecified atom stereocenters. The highest BCUT2D eigenvalue weighted by Gasteiger charge is 2.32. The molecule has 24 heavy (non-hydrogen) atoms. The van der Waals surface area contributed by atoms with Crippen molar-refractivity contribution in [1.29, 1.82) is 0 Å². The number of nitrogens with one attached hydrogen (secondary N) is 2. The highest BCUT2D eigenvalue weighted by molar-refractivity contribution is 8.15. The Labute approximate surface area is 140 Å². The number of hydrogen-bond donors (Lipinski definition) is 2. The lowest BCUT2D eigenvalue weighted by atomic mass is 10.2. The number of hydrogen-bond acceptors (Lipinski definition) is 6. The van der Waals surface area contributed by atoms with E-state index in [-0.39, 0.29) is 24.0 Å². The SMILES string of the molecule is O=C(CC1S/C(=N\c2ncccn2)NC1=O)Nc1ccccc1F. The number of benzene rings is 1. The Morgan fingerprint density at radius 2 is 2.04 bits per heavy atom. The molecule has 1 aromatic carbocycles. The fourth-order valence-corrected chi connectivity index (χ4v) is 2.93. The predicted molar refractivity (Wildman–Crippen MR) is 88.3 cm³/mol. The molecule has 122 valence electrons. The van der Waals surface area contributed by atoms with E-state index in [1.165, 1.54) is 30.6 Å². The zero-order valence-electron chi connectivity index (χ0n) is 12.3. The van der Waals surface area contributed by atoms with E-state index in [0.717, 1.165) is 11.8 Å². The topological polar surface area (TPSA) is 96.3 Å². The molecule has 1 atom stereocenters. The monoisotopic (exact) mass is 345 g/mol. The number of para-hydroxylation sites is 1. The van der Waals surface area contributed by atoms with Crippen LogP contribution in [0.5, 0.6) is 0 Å². The Hall–Kier alpha value is -2.81. The Bertz CT molecular complexity index is 799. The second-order valence-corrected chi connectivity index (χ2v) is 5.99. The number of halogens is 1. The van der Waals surface area contributed by atoms with Gasteiger partial charge < -0.3 is 10.6 Å². The maximum atomic E-state index is 13.5. The lowest BCUT2D eigenvalue weighted by Crippen LogP contribution is -2.28. The standard InChI is InChI=1S/C15H12FN5O2S/c16-9-4-1-2-5-10(9)19-12(22)8-11-13(23)20-15(24-11)21-14-17-6-3-7-18-14/h1-7,11H,8H2,(H,19,22)(H,17,18,20,21,23). The molecule has 0 radical (unpaired) electrons. The highest BCUT2D eigenvalue weighted by atomic mass is 32.2. The molecule has 0 saturated carbocycles. The molecule has 1 saturated heterocycles. The summed E-state index contributed by atoms with van der Waals surface area (Å²) in [4.78, 5) is 35.9. The molecule has 0 bridgehead atoms. The number of aliphatic imine (C=N–C) groups is 1. The Morgan fingerprint density at radius 1 is 1.29 bits per heavy atom. The van der Waals surface area contributed by atoms with Crippen molar-refractivity contribution in [3.63, 3.8) is 0 Å². The van der Waals surface area contributed by atoms with Gasteiger partial charge in [0.2, 0.25) is 11.8 Å². The molecular weight excluding hydrogens is 333 g/mol. The Kier molecular flexibility index (Phi) is 4.80. The van der Waals surface area contributed by atoms with Gasteiger partial charge in [0.25, 0.3) is 5.95 Å². The number of thioether (sulfide) groups is 1. The maximum Gasteiger partial charge on any atom is 0.251 e. The van der Waals surface area contributed by atoms with Gasteiger partial charge in [-0.3, -0.25) is 9.59 Å². The van der Waals surface area contributed by atoms with Crippen LogP contribution in [0, 0.1) is 5.82 Å². The third-order valence-electron chi connectivity index (χ3n) is 3.05. The minimum absolute atomic E-state index is 0.0810. The number of carbonyl (C=O) groups excluding carboxylic acids is 2. The largest absolute Gasteiger partial charge is 0.324 e. The maximum absolute atomic E-state index is 13.5. The zero-order chi connectivity index (χ0) is 16.9. The van der Waals surface area contributed by atoms with E-state index >= 15 is 0 Å². The molecule has 9 heteroatoms. The van der Waals surface area contributed by atoms with Crippen LogP contribution in [-0.2, 0) is 9.59 Å². The normalized spacial score (nSPS) is 18.5. The molecule has 1 fully saturated rings. The van der Waals surface area contributed by atoms with E-state index in [4.69, 9.17) is 0 Å². The number of nitrogens with zero attached hydrogens (tertiary/aromatic N) is 3. The Morgan fingerprint density at radius 3 is 2.79 bits per heavy atom. The summed E-state index contributed by atoms with van der Waals surface area (Å²) in [6, 6.07) is 7.49. The first kappa shape index (κ1) is 16.1. The summed E-state index contributed by atoms with van der Waals surface area (Å²) < 4.78 is 13.5. The average molecular weight is 345 g/mol. The minimum Gasteiger partial charge on any atom is -0.324 e. The summed E-state index contributed by atoms with van der Waals surface area (Å²) >= 11 is 1.11. The molecule has 2 heterocycles. The van der Waals surface area contributed by atoms with Gasteiger partial charge in [-0.2, -0.15) is 4.99 Å². The molecular formula is C15H12FN5O2S. The van der Waals surface area contributed by atoms with Gasteiger partial charge in [0, 0.05) is 18.8 Å². The summed E-state index contributed by atoms with van der Waals surface area (Å²) in [7, 11) is 0. The van der Waals surface area contributed by atoms with Crippen molar-refractivity contribution in [3.05, 3.63) is 48.5 Å². The van der Waals surface area contributed by atoms with Crippen LogP contribution >= 0.6 is 11.8 Å². The molecule has 1 aromatic heterocycles. The fraction of sp³-hybridized carbons (Fsp3) is 0.133.